The van der Waals surface area contributed by atoms with Crippen molar-refractivity contribution in [3.05, 3.63) is 11.4 Å². The number of aromatic amines is 1. The van der Waals surface area contributed by atoms with Crippen molar-refractivity contribution in [3.63, 3.8) is 0 Å². The highest BCUT2D eigenvalue weighted by Crippen LogP contribution is 2.49. The molecule has 14 heavy (non-hydrogen) atoms. The van der Waals surface area contributed by atoms with Crippen LogP contribution in [-0.2, 0) is 10.2 Å². The average molecular weight is 195 g/mol. The van der Waals surface area contributed by atoms with Gasteiger partial charge in [0.15, 0.2) is 0 Å². The summed E-state index contributed by atoms with van der Waals surface area (Å²) in [6, 6.07) is 0. The van der Waals surface area contributed by atoms with E-state index < -0.39 is 11.4 Å². The lowest BCUT2D eigenvalue weighted by molar-refractivity contribution is -0.140. The van der Waals surface area contributed by atoms with E-state index in [1.54, 1.807) is 0 Å². The zero-order chi connectivity index (χ0) is 10.3. The van der Waals surface area contributed by atoms with Gasteiger partial charge in [0.1, 0.15) is 11.1 Å². The van der Waals surface area contributed by atoms with Crippen LogP contribution in [0, 0.1) is 0 Å². The lowest BCUT2D eigenvalue weighted by Gasteiger charge is -2.09. The lowest BCUT2D eigenvalue weighted by atomic mass is 9.96. The maximum absolute atomic E-state index is 11.1. The fourth-order valence-electron chi connectivity index (χ4n) is 1.67. The molecule has 0 bridgehead atoms. The van der Waals surface area contributed by atoms with Crippen LogP contribution in [0.2, 0.25) is 0 Å². The van der Waals surface area contributed by atoms with Gasteiger partial charge in [0.25, 0.3) is 0 Å². The Morgan fingerprint density at radius 2 is 2.14 bits per heavy atom. The maximum Gasteiger partial charge on any atom is 0.315 e. The molecule has 1 saturated carbocycles. The zero-order valence-corrected chi connectivity index (χ0v) is 8.24. The molecule has 76 valence electrons. The first kappa shape index (κ1) is 9.18. The third-order valence-corrected chi connectivity index (χ3v) is 2.73. The molecule has 1 heterocycles. The molecule has 0 amide bonds. The minimum absolute atomic E-state index is 0.209. The van der Waals surface area contributed by atoms with Crippen molar-refractivity contribution in [2.24, 2.45) is 0 Å². The maximum atomic E-state index is 11.1. The minimum atomic E-state index is -0.784. The van der Waals surface area contributed by atoms with E-state index in [1.807, 2.05) is 13.8 Å². The van der Waals surface area contributed by atoms with Crippen LogP contribution in [0.5, 0.6) is 0 Å². The molecule has 1 aromatic rings. The summed E-state index contributed by atoms with van der Waals surface area (Å²) in [4.78, 5) is 11.1. The Labute approximate surface area is 81.5 Å². The van der Waals surface area contributed by atoms with Crippen molar-refractivity contribution < 1.29 is 9.90 Å². The second-order valence-electron chi connectivity index (χ2n) is 4.10. The Morgan fingerprint density at radius 3 is 2.57 bits per heavy atom. The third kappa shape index (κ3) is 1.12. The van der Waals surface area contributed by atoms with Gasteiger partial charge in [0.2, 0.25) is 0 Å². The van der Waals surface area contributed by atoms with Gasteiger partial charge in [-0.05, 0) is 18.8 Å². The number of aromatic nitrogens is 3. The molecule has 1 aliphatic rings. The average Bonchev–Trinajstić information content (AvgIpc) is 2.77. The number of hydrogen-bond donors (Lipinski definition) is 2. The Morgan fingerprint density at radius 1 is 1.50 bits per heavy atom. The number of carbonyl (C=O) groups is 1. The van der Waals surface area contributed by atoms with E-state index >= 15 is 0 Å². The normalized spacial score (nSPS) is 18.5. The number of nitrogens with zero attached hydrogens (tertiary/aromatic N) is 2. The predicted octanol–water partition coefficient (Wildman–Crippen LogP) is 1.04. The smallest absolute Gasteiger partial charge is 0.315 e. The third-order valence-electron chi connectivity index (χ3n) is 2.73. The summed E-state index contributed by atoms with van der Waals surface area (Å²) in [6.07, 6.45) is 1.35. The number of nitrogens with one attached hydrogen (secondary N) is 1. The first-order valence-corrected chi connectivity index (χ1v) is 4.72. The number of carboxylic acids is 1. The molecule has 2 N–H and O–H groups in total. The zero-order valence-electron chi connectivity index (χ0n) is 8.24. The molecule has 0 saturated heterocycles. The van der Waals surface area contributed by atoms with Crippen LogP contribution in [0.15, 0.2) is 0 Å². The van der Waals surface area contributed by atoms with E-state index in [0.29, 0.717) is 18.5 Å². The molecule has 5 nitrogen and oxygen atoms in total. The number of aliphatic carboxylic acids is 1. The fraction of sp³-hybridized carbons (Fsp3) is 0.667. The van der Waals surface area contributed by atoms with Crippen molar-refractivity contribution in [2.45, 2.75) is 38.0 Å². The van der Waals surface area contributed by atoms with Crippen LogP contribution < -0.4 is 0 Å². The van der Waals surface area contributed by atoms with Gasteiger partial charge in [-0.3, -0.25) is 4.79 Å². The highest BCUT2D eigenvalue weighted by atomic mass is 16.4. The van der Waals surface area contributed by atoms with Crippen molar-refractivity contribution >= 4 is 5.97 Å². The first-order chi connectivity index (χ1) is 6.58. The summed E-state index contributed by atoms with van der Waals surface area (Å²) >= 11 is 0. The summed E-state index contributed by atoms with van der Waals surface area (Å²) < 4.78 is 0. The molecule has 0 aliphatic heterocycles. The van der Waals surface area contributed by atoms with Gasteiger partial charge in [-0.15, -0.1) is 0 Å². The van der Waals surface area contributed by atoms with Gasteiger partial charge in [0.05, 0.1) is 5.69 Å². The van der Waals surface area contributed by atoms with Crippen molar-refractivity contribution in [1.82, 2.24) is 15.4 Å². The van der Waals surface area contributed by atoms with Crippen LogP contribution in [0.4, 0.5) is 0 Å². The van der Waals surface area contributed by atoms with Gasteiger partial charge in [-0.2, -0.15) is 15.4 Å². The molecular weight excluding hydrogens is 182 g/mol. The summed E-state index contributed by atoms with van der Waals surface area (Å²) in [5.41, 5.74) is 0.664. The Balaban J connectivity index is 2.42. The molecule has 0 spiro atoms. The molecule has 0 aromatic carbocycles. The molecule has 0 atom stereocenters. The summed E-state index contributed by atoms with van der Waals surface area (Å²) in [6.45, 7) is 3.97. The van der Waals surface area contributed by atoms with Gasteiger partial charge in [0, 0.05) is 0 Å². The monoisotopic (exact) mass is 195 g/mol. The van der Waals surface area contributed by atoms with Crippen molar-refractivity contribution in [1.29, 1.82) is 0 Å². The summed E-state index contributed by atoms with van der Waals surface area (Å²) in [7, 11) is 0. The van der Waals surface area contributed by atoms with Crippen LogP contribution in [0.1, 0.15) is 44.0 Å². The largest absolute Gasteiger partial charge is 0.481 e. The van der Waals surface area contributed by atoms with E-state index in [9.17, 15) is 4.79 Å². The predicted molar refractivity (Wildman–Crippen MR) is 49.0 cm³/mol. The first-order valence-electron chi connectivity index (χ1n) is 4.72. The van der Waals surface area contributed by atoms with Crippen molar-refractivity contribution in [3.8, 4) is 0 Å². The van der Waals surface area contributed by atoms with Gasteiger partial charge in [-0.25, -0.2) is 0 Å². The number of hydrogen-bond acceptors (Lipinski definition) is 3. The van der Waals surface area contributed by atoms with E-state index in [4.69, 9.17) is 5.11 Å². The molecule has 1 aromatic heterocycles. The van der Waals surface area contributed by atoms with Gasteiger partial charge >= 0.3 is 5.97 Å². The van der Waals surface area contributed by atoms with E-state index in [2.05, 4.69) is 15.4 Å². The van der Waals surface area contributed by atoms with Crippen LogP contribution >= 0.6 is 0 Å². The summed E-state index contributed by atoms with van der Waals surface area (Å²) in [5.74, 6) is -0.575. The van der Waals surface area contributed by atoms with E-state index in [1.165, 1.54) is 0 Å². The van der Waals surface area contributed by atoms with E-state index in [0.717, 1.165) is 5.69 Å². The molecule has 1 fully saturated rings. The Kier molecular flexibility index (Phi) is 1.83. The lowest BCUT2D eigenvalue weighted by Crippen LogP contribution is -2.22. The minimum Gasteiger partial charge on any atom is -0.481 e. The van der Waals surface area contributed by atoms with Crippen molar-refractivity contribution in [2.75, 3.05) is 0 Å². The quantitative estimate of drug-likeness (QED) is 0.755. The standard InChI is InChI=1S/C9H13N3O2/c1-5(2)6-7(11-12-10-6)9(3-4-9)8(13)14/h5H,3-4H2,1-2H3,(H,13,14)(H,10,11,12). The Hall–Kier alpha value is -1.39. The second-order valence-corrected chi connectivity index (χ2v) is 4.10. The molecule has 0 radical (unpaired) electrons. The van der Waals surface area contributed by atoms with Gasteiger partial charge in [-0.1, -0.05) is 13.8 Å². The SMILES string of the molecule is CC(C)c1n[nH]nc1C1(C(=O)O)CC1. The highest BCUT2D eigenvalue weighted by Gasteiger charge is 2.55. The molecule has 0 unspecified atom stereocenters. The highest BCUT2D eigenvalue weighted by molar-refractivity contribution is 5.84. The van der Waals surface area contributed by atoms with Gasteiger partial charge < -0.3 is 5.11 Å². The van der Waals surface area contributed by atoms with Crippen LogP contribution in [0.3, 0.4) is 0 Å². The molecule has 2 rings (SSSR count). The number of carboxylic acid groups (broad SMARTS) is 1. The molecule has 5 heteroatoms. The van der Waals surface area contributed by atoms with Crippen LogP contribution in [-0.4, -0.2) is 26.5 Å². The Bertz CT molecular complexity index is 366. The number of H-pyrrole nitrogens is 1. The fourth-order valence-corrected chi connectivity index (χ4v) is 1.67. The molecule has 1 aliphatic carbocycles. The van der Waals surface area contributed by atoms with Crippen LogP contribution in [0.25, 0.3) is 0 Å². The molecular formula is C9H13N3O2. The second kappa shape index (κ2) is 2.80. The number of rotatable bonds is 3. The summed E-state index contributed by atoms with van der Waals surface area (Å²) in [5, 5.41) is 19.6. The topological polar surface area (TPSA) is 78.9 Å². The van der Waals surface area contributed by atoms with E-state index in [-0.39, 0.29) is 5.92 Å².